The van der Waals surface area contributed by atoms with E-state index in [1.165, 1.54) is 36.4 Å². The summed E-state index contributed by atoms with van der Waals surface area (Å²) in [7, 11) is 0. The van der Waals surface area contributed by atoms with E-state index in [2.05, 4.69) is 0 Å². The van der Waals surface area contributed by atoms with Crippen molar-refractivity contribution in [2.45, 2.75) is 160 Å². The minimum atomic E-state index is -2.16. The molecule has 118 heavy (non-hydrogen) atoms. The molecule has 6 aromatic rings. The number of rotatable bonds is 28. The van der Waals surface area contributed by atoms with Gasteiger partial charge in [0, 0.05) is 36.4 Å². The van der Waals surface area contributed by atoms with Gasteiger partial charge in [-0.15, -0.1) is 0 Å². The summed E-state index contributed by atoms with van der Waals surface area (Å²) in [4.78, 5) is 61.9. The van der Waals surface area contributed by atoms with Crippen LogP contribution in [0.2, 0.25) is 0 Å². The lowest BCUT2D eigenvalue weighted by atomic mass is 9.99. The molecule has 23 N–H and O–H groups in total. The Morgan fingerprint density at radius 1 is 0.347 bits per heavy atom. The van der Waals surface area contributed by atoms with Crippen LogP contribution in [0, 0.1) is 0 Å². The van der Waals surface area contributed by atoms with Crippen molar-refractivity contribution in [3.63, 3.8) is 0 Å². The van der Waals surface area contributed by atoms with Crippen molar-refractivity contribution in [1.82, 2.24) is 0 Å². The van der Waals surface area contributed by atoms with Crippen LogP contribution < -0.4 is 23.7 Å². The topological polar surface area (TPSA) is 691 Å². The molecule has 11 rings (SSSR count). The van der Waals surface area contributed by atoms with Crippen molar-refractivity contribution in [3.8, 4) is 74.6 Å². The van der Waals surface area contributed by atoms with Crippen molar-refractivity contribution < 1.29 is 212 Å². The summed E-state index contributed by atoms with van der Waals surface area (Å²) in [6.07, 6.45) is -41.8. The average Bonchev–Trinajstić information content (AvgIpc) is 0.763. The van der Waals surface area contributed by atoms with Gasteiger partial charge in [-0.3, -0.25) is 9.59 Å². The lowest BCUT2D eigenvalue weighted by molar-refractivity contribution is -0.278. The molecular weight excluding hydrogens is 1590 g/mol. The molecule has 638 valence electrons. The van der Waals surface area contributed by atoms with E-state index in [-0.39, 0.29) is 44.7 Å². The van der Waals surface area contributed by atoms with E-state index in [9.17, 15) is 136 Å². The van der Waals surface area contributed by atoms with Crippen LogP contribution in [-0.4, -0.2) is 334 Å². The highest BCUT2D eigenvalue weighted by atomic mass is 16.7. The maximum absolute atomic E-state index is 13.2. The molecule has 43 heteroatoms. The lowest BCUT2D eigenvalue weighted by Gasteiger charge is -2.40. The van der Waals surface area contributed by atoms with E-state index >= 15 is 0 Å². The molecule has 0 bridgehead atoms. The van der Waals surface area contributed by atoms with Crippen molar-refractivity contribution in [2.75, 3.05) is 33.0 Å². The monoisotopic (exact) mass is 1670 g/mol. The van der Waals surface area contributed by atoms with Crippen LogP contribution in [-0.2, 0) is 66.6 Å². The Morgan fingerprint density at radius 2 is 0.712 bits per heavy atom. The number of hydrogen-bond acceptors (Lipinski definition) is 41. The maximum Gasteiger partial charge on any atom is 0.402 e. The number of phenolic OH excluding ortho intramolecular Hbond substituents is 6. The Morgan fingerprint density at radius 3 is 1.12 bits per heavy atom. The molecule has 5 aliphatic heterocycles. The Labute approximate surface area is 662 Å². The molecule has 5 fully saturated rings. The number of aromatic hydroxyl groups is 6. The standard InChI is InChI=1S/C75H80O43/c76-23-45-55(89)60(94)66(100)72(114-45)110-40-10-2-29(16-38(40)81)5-13-52(86)105-25-47-57(91)62(96)67(101)73(116-47)111-41-11-3-30(17-39(41)82)6-14-53(87)106-26-48-58(92)63(97)68(102)74(117-48)112-43-18-31(7-9-35(43)78)70-44(113-75-69(103)64(98)59(93)49(118-75)27-107-54(88)22-50(83)84)21-33-36(79)19-32(20-42(33)109-70)108-71-65(99)61(95)56(90)46(115-71)24-104-51(85)12-4-28-1-8-34(77)37(80)15-28/h1-21,45-49,55-69,71-76,89-103H,22-27H2,(H6-,77,78,79,80,81,82,83,84,85)/p+1/b13-5+,14-6+/t45?,46?,47-,48-,49-,55-,56-,57-,58-,59-,60+,61+,62?,63?,64?,65?,66?,67?,68?,69?,71-,72-,73-,74-,75-/m1/s1. The van der Waals surface area contributed by atoms with E-state index in [1.54, 1.807) is 0 Å². The Hall–Kier alpha value is -11.0. The summed E-state index contributed by atoms with van der Waals surface area (Å²) in [5.41, 5.74) is -0.0108. The SMILES string of the molecule is O=C(O)CC(=O)OC[C@H]1O[C@@H](Oc2cc3c(O)cc(O[C@@H]4OC(COC(=O)/C=C/c5ccc(O)c(O)c5)[C@@H](O)[C@H](O)C4O)cc3[o+]c2-c2ccc(O)c(O[C@@H]3O[C@H](COC(=O)/C=C/c4ccc(O[C@@H]5O[C@H](COC(=O)/C=C/c6ccc(O[C@@H]7OC(CO)[C@@H](O)[C@H](O)C7O)c(O)c6)[C@@H](O)C(O)C5O)c(O)c4)[C@@H](O)C(O)C3O)c2)C(O)C(O)[C@@H]1O. The second-order valence-electron chi connectivity index (χ2n) is 27.2. The number of ether oxygens (including phenoxy) is 14. The third kappa shape index (κ3) is 20.8. The van der Waals surface area contributed by atoms with Gasteiger partial charge < -0.3 is 184 Å². The van der Waals surface area contributed by atoms with E-state index in [4.69, 9.17) is 75.8 Å². The number of aliphatic hydroxyl groups is 16. The van der Waals surface area contributed by atoms with Crippen LogP contribution in [0.15, 0.2) is 114 Å². The predicted molar refractivity (Wildman–Crippen MR) is 382 cm³/mol. The molecule has 43 nitrogen and oxygen atoms in total. The van der Waals surface area contributed by atoms with Crippen molar-refractivity contribution in [3.05, 3.63) is 126 Å². The Bertz CT molecular complexity index is 4650. The van der Waals surface area contributed by atoms with Crippen LogP contribution in [0.3, 0.4) is 0 Å². The zero-order chi connectivity index (χ0) is 85.4. The molecule has 5 aromatic carbocycles. The Kier molecular flexibility index (Phi) is 28.4. The number of hydrogen-bond donors (Lipinski definition) is 23. The molecule has 1 aromatic heterocycles. The fraction of sp³-hybridized carbons (Fsp3) is 0.413. The molecule has 6 heterocycles. The molecule has 0 aliphatic carbocycles. The number of phenols is 6. The van der Waals surface area contributed by atoms with Crippen LogP contribution >= 0.6 is 0 Å². The first-order chi connectivity index (χ1) is 56.0. The third-order valence-corrected chi connectivity index (χ3v) is 18.8. The molecule has 0 saturated carbocycles. The van der Waals surface area contributed by atoms with Gasteiger partial charge in [-0.1, -0.05) is 18.2 Å². The summed E-state index contributed by atoms with van der Waals surface area (Å²) in [6.45, 7) is -4.01. The van der Waals surface area contributed by atoms with Gasteiger partial charge in [0.2, 0.25) is 37.2 Å². The predicted octanol–water partition coefficient (Wildman–Crippen LogP) is -4.67. The number of fused-ring (bicyclic) bond motifs is 1. The number of carboxylic acid groups (broad SMARTS) is 1. The largest absolute Gasteiger partial charge is 0.507 e. The summed E-state index contributed by atoms with van der Waals surface area (Å²) in [5, 5.41) is 244. The van der Waals surface area contributed by atoms with Gasteiger partial charge in [0.25, 0.3) is 0 Å². The van der Waals surface area contributed by atoms with Crippen LogP contribution in [0.1, 0.15) is 23.1 Å². The second kappa shape index (κ2) is 38.2. The number of carbonyl (C=O) groups excluding carboxylic acids is 4. The van der Waals surface area contributed by atoms with Crippen molar-refractivity contribution >= 4 is 59.0 Å². The highest BCUT2D eigenvalue weighted by Crippen LogP contribution is 2.45. The van der Waals surface area contributed by atoms with Gasteiger partial charge in [0.1, 0.15) is 172 Å². The maximum atomic E-state index is 13.2. The third-order valence-electron chi connectivity index (χ3n) is 18.8. The summed E-state index contributed by atoms with van der Waals surface area (Å²) < 4.78 is 83.7. The van der Waals surface area contributed by atoms with Crippen molar-refractivity contribution in [2.24, 2.45) is 0 Å². The van der Waals surface area contributed by atoms with Crippen LogP contribution in [0.4, 0.5) is 0 Å². The van der Waals surface area contributed by atoms with E-state index in [0.717, 1.165) is 91.0 Å². The van der Waals surface area contributed by atoms with Gasteiger partial charge in [-0.2, -0.15) is 0 Å². The van der Waals surface area contributed by atoms with Gasteiger partial charge in [-0.25, -0.2) is 18.8 Å². The van der Waals surface area contributed by atoms with Gasteiger partial charge >= 0.3 is 41.2 Å². The van der Waals surface area contributed by atoms with Gasteiger partial charge in [0.05, 0.1) is 18.2 Å². The van der Waals surface area contributed by atoms with E-state index < -0.39 is 280 Å². The van der Waals surface area contributed by atoms with E-state index in [1.807, 2.05) is 0 Å². The number of aliphatic carboxylic acids is 1. The first kappa shape index (κ1) is 87.9. The number of carboxylic acids is 1. The number of benzene rings is 5. The molecule has 25 atom stereocenters. The van der Waals surface area contributed by atoms with Crippen LogP contribution in [0.5, 0.6) is 63.2 Å². The second-order valence-corrected chi connectivity index (χ2v) is 27.2. The average molecular weight is 1670 g/mol. The number of aliphatic hydroxyl groups excluding tert-OH is 16. The molecule has 10 unspecified atom stereocenters. The summed E-state index contributed by atoms with van der Waals surface area (Å²) in [6, 6.07) is 17.0. The fourth-order valence-electron chi connectivity index (χ4n) is 12.3. The van der Waals surface area contributed by atoms with Crippen molar-refractivity contribution in [1.29, 1.82) is 0 Å². The van der Waals surface area contributed by atoms with Gasteiger partial charge in [-0.05, 0) is 83.4 Å². The van der Waals surface area contributed by atoms with Crippen LogP contribution in [0.25, 0.3) is 40.5 Å². The quantitative estimate of drug-likeness (QED) is 0.00548. The van der Waals surface area contributed by atoms with E-state index in [0.29, 0.717) is 0 Å². The zero-order valence-electron chi connectivity index (χ0n) is 60.8. The van der Waals surface area contributed by atoms with Gasteiger partial charge in [0.15, 0.2) is 46.0 Å². The molecule has 0 amide bonds. The highest BCUT2D eigenvalue weighted by Gasteiger charge is 2.51. The molecular formula is C75H81O43+. The first-order valence-electron chi connectivity index (χ1n) is 35.5. The summed E-state index contributed by atoms with van der Waals surface area (Å²) >= 11 is 0. The summed E-state index contributed by atoms with van der Waals surface area (Å²) in [5.74, 6) is -12.3. The minimum absolute atomic E-state index is 0.0943. The highest BCUT2D eigenvalue weighted by molar-refractivity contribution is 5.91. The lowest BCUT2D eigenvalue weighted by Crippen LogP contribution is -2.60. The molecule has 0 radical (unpaired) electrons. The smallest absolute Gasteiger partial charge is 0.402 e. The molecule has 5 saturated heterocycles. The fourth-order valence-corrected chi connectivity index (χ4v) is 12.3. The first-order valence-corrected chi connectivity index (χ1v) is 35.5. The zero-order valence-corrected chi connectivity index (χ0v) is 60.8. The molecule has 0 spiro atoms. The number of carbonyl (C=O) groups is 5. The molecule has 5 aliphatic rings. The Balaban J connectivity index is 0.739. The normalized spacial score (nSPS) is 31.1. The minimum Gasteiger partial charge on any atom is -0.507 e. The number of esters is 4.